The van der Waals surface area contributed by atoms with Crippen LogP contribution in [0.25, 0.3) is 0 Å². The number of rotatable bonds is 11. The molecule has 202 valence electrons. The van der Waals surface area contributed by atoms with E-state index in [1.165, 1.54) is 61.7 Å². The highest BCUT2D eigenvalue weighted by molar-refractivity contribution is 7.92. The van der Waals surface area contributed by atoms with E-state index in [2.05, 4.69) is 5.32 Å². The molecule has 0 saturated carbocycles. The third kappa shape index (κ3) is 7.11. The number of hydrogen-bond acceptors (Lipinski definition) is 5. The fraction of sp³-hybridized carbons (Fsp3) is 0.138. The third-order valence-corrected chi connectivity index (χ3v) is 7.56. The summed E-state index contributed by atoms with van der Waals surface area (Å²) in [5.41, 5.74) is 1.32. The smallest absolute Gasteiger partial charge is 0.264 e. The molecule has 10 heteroatoms. The highest BCUT2D eigenvalue weighted by Gasteiger charge is 2.29. The fourth-order valence-electron chi connectivity index (χ4n) is 3.67. The minimum absolute atomic E-state index is 0.115. The number of anilines is 1. The van der Waals surface area contributed by atoms with Crippen LogP contribution >= 0.6 is 0 Å². The summed E-state index contributed by atoms with van der Waals surface area (Å²) >= 11 is 0. The zero-order chi connectivity index (χ0) is 27.8. The van der Waals surface area contributed by atoms with Crippen LogP contribution in [0.5, 0.6) is 11.5 Å². The molecule has 0 aliphatic rings. The molecule has 4 aromatic carbocycles. The second kappa shape index (κ2) is 12.4. The lowest BCUT2D eigenvalue weighted by molar-refractivity contribution is -0.119. The fourth-order valence-corrected chi connectivity index (χ4v) is 5.10. The van der Waals surface area contributed by atoms with Gasteiger partial charge >= 0.3 is 0 Å². The molecule has 39 heavy (non-hydrogen) atoms. The van der Waals surface area contributed by atoms with Crippen molar-refractivity contribution >= 4 is 21.6 Å². The number of halogens is 2. The lowest BCUT2D eigenvalue weighted by atomic mass is 10.2. The van der Waals surface area contributed by atoms with Crippen molar-refractivity contribution in [3.8, 4) is 11.5 Å². The molecule has 0 bridgehead atoms. The molecule has 1 amide bonds. The summed E-state index contributed by atoms with van der Waals surface area (Å²) in [4.78, 5) is 12.7. The van der Waals surface area contributed by atoms with Crippen LogP contribution in [0, 0.1) is 11.6 Å². The summed E-state index contributed by atoms with van der Waals surface area (Å²) in [6.45, 7) is -0.246. The van der Waals surface area contributed by atoms with Crippen LogP contribution in [0.2, 0.25) is 0 Å². The Balaban J connectivity index is 1.42. The molecule has 0 spiro atoms. The van der Waals surface area contributed by atoms with Crippen LogP contribution in [-0.4, -0.2) is 28.0 Å². The number of hydrogen-bond donors (Lipinski definition) is 1. The van der Waals surface area contributed by atoms with Gasteiger partial charge in [-0.15, -0.1) is 0 Å². The minimum Gasteiger partial charge on any atom is -0.497 e. The normalized spacial score (nSPS) is 11.1. The van der Waals surface area contributed by atoms with Gasteiger partial charge < -0.3 is 14.8 Å². The van der Waals surface area contributed by atoms with E-state index in [4.69, 9.17) is 9.47 Å². The average Bonchev–Trinajstić information content (AvgIpc) is 2.95. The molecule has 0 aromatic heterocycles. The molecular formula is C29H26F2N2O5S. The Morgan fingerprint density at radius 2 is 1.44 bits per heavy atom. The largest absolute Gasteiger partial charge is 0.497 e. The molecule has 0 fully saturated rings. The number of carbonyl (C=O) groups is 1. The Kier molecular flexibility index (Phi) is 8.77. The van der Waals surface area contributed by atoms with Crippen molar-refractivity contribution in [2.45, 2.75) is 18.0 Å². The van der Waals surface area contributed by atoms with Gasteiger partial charge in [-0.25, -0.2) is 17.2 Å². The van der Waals surface area contributed by atoms with Gasteiger partial charge in [-0.3, -0.25) is 9.10 Å². The number of methoxy groups -OCH3 is 1. The van der Waals surface area contributed by atoms with Crippen molar-refractivity contribution in [3.05, 3.63) is 120 Å². The molecule has 0 heterocycles. The number of nitrogens with zero attached hydrogens (tertiary/aromatic N) is 1. The first-order valence-electron chi connectivity index (χ1n) is 11.9. The molecule has 0 aliphatic carbocycles. The van der Waals surface area contributed by atoms with Gasteiger partial charge in [0, 0.05) is 6.54 Å². The number of para-hydroxylation sites is 1. The zero-order valence-electron chi connectivity index (χ0n) is 21.0. The van der Waals surface area contributed by atoms with Crippen LogP contribution in [0.1, 0.15) is 11.1 Å². The number of benzene rings is 4. The van der Waals surface area contributed by atoms with Gasteiger partial charge in [0.25, 0.3) is 10.0 Å². The topological polar surface area (TPSA) is 84.9 Å². The van der Waals surface area contributed by atoms with Gasteiger partial charge in [0.1, 0.15) is 36.3 Å². The van der Waals surface area contributed by atoms with Gasteiger partial charge in [0.15, 0.2) is 0 Å². The van der Waals surface area contributed by atoms with E-state index in [1.54, 1.807) is 36.4 Å². The van der Waals surface area contributed by atoms with Crippen molar-refractivity contribution in [3.63, 3.8) is 0 Å². The van der Waals surface area contributed by atoms with Crippen LogP contribution in [0.15, 0.2) is 102 Å². The van der Waals surface area contributed by atoms with Gasteiger partial charge in [0.2, 0.25) is 5.91 Å². The molecule has 0 unspecified atom stereocenters. The van der Waals surface area contributed by atoms with Crippen LogP contribution in [0.3, 0.4) is 0 Å². The first kappa shape index (κ1) is 27.6. The average molecular weight is 553 g/mol. The van der Waals surface area contributed by atoms with Crippen molar-refractivity contribution in [1.29, 1.82) is 0 Å². The lowest BCUT2D eigenvalue weighted by Crippen LogP contribution is -2.41. The van der Waals surface area contributed by atoms with E-state index in [9.17, 15) is 22.0 Å². The second-order valence-corrected chi connectivity index (χ2v) is 10.3. The summed E-state index contributed by atoms with van der Waals surface area (Å²) in [5, 5.41) is 2.68. The Labute approximate surface area is 225 Å². The van der Waals surface area contributed by atoms with Crippen molar-refractivity contribution in [1.82, 2.24) is 5.32 Å². The first-order chi connectivity index (χ1) is 18.8. The maximum atomic E-state index is 14.6. The zero-order valence-corrected chi connectivity index (χ0v) is 21.8. The van der Waals surface area contributed by atoms with E-state index in [0.29, 0.717) is 11.5 Å². The maximum Gasteiger partial charge on any atom is 0.264 e. The predicted octanol–water partition coefficient (Wildman–Crippen LogP) is 5.06. The van der Waals surface area contributed by atoms with Crippen molar-refractivity contribution in [2.75, 3.05) is 18.0 Å². The molecule has 7 nitrogen and oxygen atoms in total. The van der Waals surface area contributed by atoms with Gasteiger partial charge in [-0.05, 0) is 71.8 Å². The van der Waals surface area contributed by atoms with Gasteiger partial charge in [-0.1, -0.05) is 36.4 Å². The number of carbonyl (C=O) groups excluding carboxylic acids is 1. The van der Waals surface area contributed by atoms with E-state index < -0.39 is 28.3 Å². The number of amides is 1. The van der Waals surface area contributed by atoms with Crippen molar-refractivity contribution in [2.24, 2.45) is 0 Å². The molecule has 0 atom stereocenters. The van der Waals surface area contributed by atoms with E-state index in [-0.39, 0.29) is 29.6 Å². The third-order valence-electron chi connectivity index (χ3n) is 5.79. The molecule has 0 radical (unpaired) electrons. The second-order valence-electron chi connectivity index (χ2n) is 8.47. The number of ether oxygens (including phenoxy) is 2. The maximum absolute atomic E-state index is 14.6. The van der Waals surface area contributed by atoms with E-state index in [1.807, 2.05) is 0 Å². The molecule has 0 aliphatic heterocycles. The van der Waals surface area contributed by atoms with E-state index >= 15 is 0 Å². The standard InChI is InChI=1S/C29H26F2N2O5S/c1-37-24-14-16-26(17-15-24)39(35,36)33(28-5-3-2-4-27(28)31)19-29(34)32-18-21-8-12-25(13-9-21)38-20-22-6-10-23(30)11-7-22/h2-17H,18-20H2,1H3,(H,32,34). The summed E-state index contributed by atoms with van der Waals surface area (Å²) in [6.07, 6.45) is 0. The summed E-state index contributed by atoms with van der Waals surface area (Å²) in [6, 6.07) is 23.9. The monoisotopic (exact) mass is 552 g/mol. The summed E-state index contributed by atoms with van der Waals surface area (Å²) in [7, 11) is -2.82. The Hall–Kier alpha value is -4.44. The number of nitrogens with one attached hydrogen (secondary N) is 1. The predicted molar refractivity (Wildman–Crippen MR) is 143 cm³/mol. The Morgan fingerprint density at radius 3 is 2.08 bits per heavy atom. The molecule has 0 saturated heterocycles. The molecular weight excluding hydrogens is 526 g/mol. The Bertz CT molecular complexity index is 1510. The van der Waals surface area contributed by atoms with Crippen LogP contribution in [0.4, 0.5) is 14.5 Å². The van der Waals surface area contributed by atoms with Crippen molar-refractivity contribution < 1.29 is 31.5 Å². The lowest BCUT2D eigenvalue weighted by Gasteiger charge is -2.24. The SMILES string of the molecule is COc1ccc(S(=O)(=O)N(CC(=O)NCc2ccc(OCc3ccc(F)cc3)cc2)c2ccccc2F)cc1. The van der Waals surface area contributed by atoms with E-state index in [0.717, 1.165) is 21.5 Å². The molecule has 4 aromatic rings. The van der Waals surface area contributed by atoms with Crippen LogP contribution in [-0.2, 0) is 28.0 Å². The van der Waals surface area contributed by atoms with Gasteiger partial charge in [-0.2, -0.15) is 0 Å². The number of sulfonamides is 1. The highest BCUT2D eigenvalue weighted by Crippen LogP contribution is 2.27. The first-order valence-corrected chi connectivity index (χ1v) is 13.3. The highest BCUT2D eigenvalue weighted by atomic mass is 32.2. The molecule has 4 rings (SSSR count). The quantitative estimate of drug-likeness (QED) is 0.281. The van der Waals surface area contributed by atoms with Gasteiger partial charge in [0.05, 0.1) is 17.7 Å². The summed E-state index contributed by atoms with van der Waals surface area (Å²) in [5.74, 6) is -0.673. The minimum atomic E-state index is -4.28. The molecule has 1 N–H and O–H groups in total. The Morgan fingerprint density at radius 1 is 0.821 bits per heavy atom. The summed E-state index contributed by atoms with van der Waals surface area (Å²) < 4.78 is 66.0. The van der Waals surface area contributed by atoms with Crippen LogP contribution < -0.4 is 19.1 Å².